The van der Waals surface area contributed by atoms with Gasteiger partial charge >= 0.3 is 0 Å². The minimum absolute atomic E-state index is 0.00641. The Kier molecular flexibility index (Phi) is 14.1. The lowest BCUT2D eigenvalue weighted by atomic mass is 10.1. The molecule has 0 bridgehead atoms. The van der Waals surface area contributed by atoms with Crippen LogP contribution < -0.4 is 10.6 Å². The van der Waals surface area contributed by atoms with Crippen molar-refractivity contribution in [3.63, 3.8) is 0 Å². The summed E-state index contributed by atoms with van der Waals surface area (Å²) < 4.78 is 0. The largest absolute Gasteiger partial charge is 0.354 e. The molecule has 0 radical (unpaired) electrons. The van der Waals surface area contributed by atoms with E-state index >= 15 is 0 Å². The van der Waals surface area contributed by atoms with Gasteiger partial charge in [0.1, 0.15) is 6.04 Å². The zero-order valence-electron chi connectivity index (χ0n) is 30.6. The van der Waals surface area contributed by atoms with Gasteiger partial charge in [-0.25, -0.2) is 0 Å². The molecule has 1 aliphatic carbocycles. The molecule has 276 valence electrons. The highest BCUT2D eigenvalue weighted by Crippen LogP contribution is 2.41. The molecule has 10 heteroatoms. The maximum atomic E-state index is 13.7. The van der Waals surface area contributed by atoms with Crippen molar-refractivity contribution in [3.8, 4) is 0 Å². The number of unbranched alkanes of at least 4 members (excludes halogenated alkanes) is 7. The van der Waals surface area contributed by atoms with Crippen LogP contribution in [0.1, 0.15) is 123 Å². The van der Waals surface area contributed by atoms with E-state index in [0.717, 1.165) is 64.2 Å². The fourth-order valence-corrected chi connectivity index (χ4v) is 7.40. The molecule has 10 nitrogen and oxygen atoms in total. The van der Waals surface area contributed by atoms with Crippen molar-refractivity contribution in [2.75, 3.05) is 39.3 Å². The zero-order chi connectivity index (χ0) is 36.2. The van der Waals surface area contributed by atoms with Gasteiger partial charge in [0.05, 0.1) is 12.5 Å². The minimum atomic E-state index is -0.734. The number of amides is 5. The summed E-state index contributed by atoms with van der Waals surface area (Å²) in [6.45, 7) is 6.51. The van der Waals surface area contributed by atoms with Gasteiger partial charge in [0.15, 0.2) is 0 Å². The van der Waals surface area contributed by atoms with Crippen molar-refractivity contribution in [2.45, 2.75) is 109 Å². The van der Waals surface area contributed by atoms with E-state index in [1.165, 1.54) is 5.56 Å². The number of piperazine rings is 1. The van der Waals surface area contributed by atoms with E-state index in [1.807, 2.05) is 18.2 Å². The van der Waals surface area contributed by atoms with Crippen LogP contribution in [0, 0.1) is 5.92 Å². The zero-order valence-corrected chi connectivity index (χ0v) is 30.6. The molecule has 2 N–H and O–H groups in total. The van der Waals surface area contributed by atoms with Gasteiger partial charge in [-0.2, -0.15) is 0 Å². The van der Waals surface area contributed by atoms with Crippen LogP contribution in [0.15, 0.2) is 54.6 Å². The molecular formula is C41H57N5O5. The summed E-state index contributed by atoms with van der Waals surface area (Å²) in [6, 6.07) is 16.3. The minimum Gasteiger partial charge on any atom is -0.354 e. The predicted molar refractivity (Wildman–Crippen MR) is 198 cm³/mol. The van der Waals surface area contributed by atoms with E-state index < -0.39 is 6.04 Å². The van der Waals surface area contributed by atoms with Crippen LogP contribution in [-0.4, -0.2) is 95.6 Å². The molecular weight excluding hydrogens is 642 g/mol. The monoisotopic (exact) mass is 699 g/mol. The molecule has 2 saturated heterocycles. The lowest BCUT2D eigenvalue weighted by Crippen LogP contribution is -2.61. The second-order valence-electron chi connectivity index (χ2n) is 14.6. The van der Waals surface area contributed by atoms with Gasteiger partial charge in [-0.15, -0.1) is 0 Å². The molecule has 5 rings (SSSR count). The Hall–Kier alpha value is -4.21. The molecule has 5 amide bonds. The van der Waals surface area contributed by atoms with Crippen molar-refractivity contribution in [1.29, 1.82) is 0 Å². The van der Waals surface area contributed by atoms with Gasteiger partial charge in [0.25, 0.3) is 11.8 Å². The van der Waals surface area contributed by atoms with Gasteiger partial charge in [-0.3, -0.25) is 24.0 Å². The molecule has 51 heavy (non-hydrogen) atoms. The van der Waals surface area contributed by atoms with Gasteiger partial charge in [0.2, 0.25) is 17.7 Å². The smallest absolute Gasteiger partial charge is 0.253 e. The van der Waals surface area contributed by atoms with Crippen molar-refractivity contribution in [3.05, 3.63) is 71.3 Å². The average molecular weight is 700 g/mol. The Morgan fingerprint density at radius 2 is 1.31 bits per heavy atom. The summed E-state index contributed by atoms with van der Waals surface area (Å²) >= 11 is 0. The SMILES string of the molecule is CCCCCCCC(=O)N1CCN(C(=O)c2ccc(C(=O)N3CC[C@H](C(=O)N[C@H]4C[C@@H]4c4ccccc4)C3)cc2)CC1C(=O)NCCCCCC. The Balaban J connectivity index is 1.13. The quantitative estimate of drug-likeness (QED) is 0.211. The molecule has 1 unspecified atom stereocenters. The van der Waals surface area contributed by atoms with E-state index in [0.29, 0.717) is 62.6 Å². The van der Waals surface area contributed by atoms with E-state index in [1.54, 1.807) is 39.0 Å². The highest BCUT2D eigenvalue weighted by Gasteiger charge is 2.42. The second kappa shape index (κ2) is 18.9. The van der Waals surface area contributed by atoms with Crippen LogP contribution in [0.3, 0.4) is 0 Å². The molecule has 0 aromatic heterocycles. The molecule has 2 aliphatic heterocycles. The molecule has 2 aromatic carbocycles. The number of carbonyl (C=O) groups is 5. The Morgan fingerprint density at radius 1 is 0.686 bits per heavy atom. The third kappa shape index (κ3) is 10.4. The van der Waals surface area contributed by atoms with Gasteiger partial charge in [-0.1, -0.05) is 89.1 Å². The number of nitrogens with zero attached hydrogens (tertiary/aromatic N) is 3. The fourth-order valence-electron chi connectivity index (χ4n) is 7.40. The van der Waals surface area contributed by atoms with E-state index in [4.69, 9.17) is 0 Å². The lowest BCUT2D eigenvalue weighted by molar-refractivity contribution is -0.143. The van der Waals surface area contributed by atoms with Crippen LogP contribution >= 0.6 is 0 Å². The van der Waals surface area contributed by atoms with E-state index in [2.05, 4.69) is 36.6 Å². The van der Waals surface area contributed by atoms with Crippen molar-refractivity contribution >= 4 is 29.5 Å². The summed E-state index contributed by atoms with van der Waals surface area (Å²) in [6.07, 6.45) is 11.3. The van der Waals surface area contributed by atoms with Crippen LogP contribution in [0.25, 0.3) is 0 Å². The average Bonchev–Trinajstić information content (AvgIpc) is 3.74. The first-order valence-electron chi connectivity index (χ1n) is 19.4. The summed E-state index contributed by atoms with van der Waals surface area (Å²) in [5, 5.41) is 6.20. The number of hydrogen-bond donors (Lipinski definition) is 2. The summed E-state index contributed by atoms with van der Waals surface area (Å²) in [7, 11) is 0. The van der Waals surface area contributed by atoms with Gasteiger partial charge in [-0.05, 0) is 55.5 Å². The molecule has 2 heterocycles. The van der Waals surface area contributed by atoms with E-state index in [-0.39, 0.29) is 48.0 Å². The molecule has 0 spiro atoms. The first kappa shape index (κ1) is 38.0. The van der Waals surface area contributed by atoms with Crippen LogP contribution in [0.2, 0.25) is 0 Å². The number of benzene rings is 2. The van der Waals surface area contributed by atoms with Crippen molar-refractivity contribution in [1.82, 2.24) is 25.3 Å². The molecule has 3 fully saturated rings. The summed E-state index contributed by atoms with van der Waals surface area (Å²) in [5.74, 6) is -0.501. The lowest BCUT2D eigenvalue weighted by Gasteiger charge is -2.40. The van der Waals surface area contributed by atoms with Crippen molar-refractivity contribution in [2.24, 2.45) is 5.92 Å². The number of nitrogens with one attached hydrogen (secondary N) is 2. The summed E-state index contributed by atoms with van der Waals surface area (Å²) in [4.78, 5) is 71.7. The van der Waals surface area contributed by atoms with Crippen LogP contribution in [0.4, 0.5) is 0 Å². The third-order valence-electron chi connectivity index (χ3n) is 10.7. The Morgan fingerprint density at radius 3 is 1.98 bits per heavy atom. The number of likely N-dealkylation sites (tertiary alicyclic amines) is 1. The molecule has 4 atom stereocenters. The standard InChI is InChI=1S/C41H57N5O5/c1-3-5-7-9-13-17-37(47)46-26-25-45(29-36(46)39(49)42-23-14-8-6-4-2)41(51)32-20-18-31(19-21-32)40(50)44-24-22-33(28-44)38(48)43-35-27-34(35)30-15-11-10-12-16-30/h10-12,15-16,18-21,33-36H,3-9,13-14,17,22-29H2,1-2H3,(H,42,49)(H,43,48)/t33-,34+,35-,36?/m0/s1. The van der Waals surface area contributed by atoms with E-state index in [9.17, 15) is 24.0 Å². The second-order valence-corrected chi connectivity index (χ2v) is 14.6. The highest BCUT2D eigenvalue weighted by atomic mass is 16.2. The maximum absolute atomic E-state index is 13.7. The predicted octanol–water partition coefficient (Wildman–Crippen LogP) is 5.53. The number of rotatable bonds is 17. The van der Waals surface area contributed by atoms with Crippen LogP contribution in [-0.2, 0) is 14.4 Å². The molecule has 3 aliphatic rings. The van der Waals surface area contributed by atoms with Crippen LogP contribution in [0.5, 0.6) is 0 Å². The maximum Gasteiger partial charge on any atom is 0.253 e. The summed E-state index contributed by atoms with van der Waals surface area (Å²) in [5.41, 5.74) is 2.14. The molecule has 1 saturated carbocycles. The van der Waals surface area contributed by atoms with Gasteiger partial charge < -0.3 is 25.3 Å². The third-order valence-corrected chi connectivity index (χ3v) is 10.7. The number of hydrogen-bond acceptors (Lipinski definition) is 5. The Labute approximate surface area is 303 Å². The first-order valence-corrected chi connectivity index (χ1v) is 19.4. The topological polar surface area (TPSA) is 119 Å². The first-order chi connectivity index (χ1) is 24.8. The van der Waals surface area contributed by atoms with Crippen molar-refractivity contribution < 1.29 is 24.0 Å². The molecule has 2 aromatic rings. The Bertz CT molecular complexity index is 1480. The number of carbonyl (C=O) groups excluding carboxylic acids is 5. The van der Waals surface area contributed by atoms with Gasteiger partial charge in [0, 0.05) is 62.2 Å². The fraction of sp³-hybridized carbons (Fsp3) is 0.585. The normalized spacial score (nSPS) is 21.3. The highest BCUT2D eigenvalue weighted by molar-refractivity contribution is 5.99.